The van der Waals surface area contributed by atoms with Crippen molar-refractivity contribution < 1.29 is 19.4 Å². The van der Waals surface area contributed by atoms with Gasteiger partial charge in [0.25, 0.3) is 0 Å². The molecule has 0 bridgehead atoms. The van der Waals surface area contributed by atoms with E-state index in [1.807, 2.05) is 6.08 Å². The van der Waals surface area contributed by atoms with Crippen LogP contribution in [0.1, 0.15) is 43.2 Å². The lowest BCUT2D eigenvalue weighted by atomic mass is 10.2. The van der Waals surface area contributed by atoms with Crippen LogP contribution in [0.5, 0.6) is 0 Å². The Morgan fingerprint density at radius 2 is 2.15 bits per heavy atom. The van der Waals surface area contributed by atoms with Gasteiger partial charge in [0.2, 0.25) is 0 Å². The Labute approximate surface area is 117 Å². The average molecular weight is 280 g/mol. The molecule has 0 fully saturated rings. The average Bonchev–Trinajstić information content (AvgIpc) is 2.75. The third-order valence-corrected chi connectivity index (χ3v) is 2.23. The minimum atomic E-state index is -0.990. The Bertz CT molecular complexity index is 498. The van der Waals surface area contributed by atoms with Crippen molar-refractivity contribution in [1.82, 2.24) is 10.3 Å². The second kappa shape index (κ2) is 6.79. The summed E-state index contributed by atoms with van der Waals surface area (Å²) in [5.74, 6) is -0.990. The van der Waals surface area contributed by atoms with E-state index in [2.05, 4.69) is 10.3 Å². The first-order valence-corrected chi connectivity index (χ1v) is 6.33. The number of H-pyrrole nitrogens is 1. The van der Waals surface area contributed by atoms with E-state index in [9.17, 15) is 9.59 Å². The number of aromatic carboxylic acids is 1. The van der Waals surface area contributed by atoms with Gasteiger partial charge in [0.05, 0.1) is 0 Å². The third kappa shape index (κ3) is 6.08. The van der Waals surface area contributed by atoms with Crippen molar-refractivity contribution in [3.8, 4) is 0 Å². The van der Waals surface area contributed by atoms with E-state index in [1.165, 1.54) is 0 Å². The first-order valence-electron chi connectivity index (χ1n) is 6.33. The van der Waals surface area contributed by atoms with Crippen molar-refractivity contribution >= 4 is 18.1 Å². The van der Waals surface area contributed by atoms with Gasteiger partial charge in [-0.15, -0.1) is 0 Å². The van der Waals surface area contributed by atoms with Crippen molar-refractivity contribution in [1.29, 1.82) is 0 Å². The number of rotatable bonds is 5. The molecule has 1 aromatic heterocycles. The number of carbonyl (C=O) groups excluding carboxylic acids is 1. The van der Waals surface area contributed by atoms with Crippen molar-refractivity contribution in [3.05, 3.63) is 29.6 Å². The standard InChI is InChI=1S/C14H20N2O4/c1-14(2,3)20-13(19)15-7-5-4-6-10-8-11(12(17)18)16-9-10/h4,6,8-9,16H,5,7H2,1-3H3,(H,15,19)(H,17,18). The van der Waals surface area contributed by atoms with Crippen LogP contribution in [0, 0.1) is 0 Å². The van der Waals surface area contributed by atoms with E-state index in [0.717, 1.165) is 5.56 Å². The van der Waals surface area contributed by atoms with E-state index in [1.54, 1.807) is 39.1 Å². The molecule has 1 amide bonds. The smallest absolute Gasteiger partial charge is 0.407 e. The monoisotopic (exact) mass is 280 g/mol. The summed E-state index contributed by atoms with van der Waals surface area (Å²) < 4.78 is 5.09. The lowest BCUT2D eigenvalue weighted by Gasteiger charge is -2.19. The normalized spacial score (nSPS) is 11.6. The quantitative estimate of drug-likeness (QED) is 0.723. The van der Waals surface area contributed by atoms with Crippen LogP contribution in [0.15, 0.2) is 18.3 Å². The number of carbonyl (C=O) groups is 2. The Balaban J connectivity index is 2.28. The van der Waals surface area contributed by atoms with Crippen LogP contribution >= 0.6 is 0 Å². The summed E-state index contributed by atoms with van der Waals surface area (Å²) in [4.78, 5) is 24.7. The van der Waals surface area contributed by atoms with Gasteiger partial charge in [-0.1, -0.05) is 12.2 Å². The second-order valence-electron chi connectivity index (χ2n) is 5.27. The number of aromatic nitrogens is 1. The molecule has 3 N–H and O–H groups in total. The molecule has 0 aliphatic carbocycles. The number of carboxylic acids is 1. The zero-order valence-electron chi connectivity index (χ0n) is 11.9. The predicted molar refractivity (Wildman–Crippen MR) is 75.6 cm³/mol. The maximum Gasteiger partial charge on any atom is 0.407 e. The molecule has 110 valence electrons. The highest BCUT2D eigenvalue weighted by Crippen LogP contribution is 2.07. The molecule has 0 spiro atoms. The molecule has 20 heavy (non-hydrogen) atoms. The lowest BCUT2D eigenvalue weighted by molar-refractivity contribution is 0.0528. The van der Waals surface area contributed by atoms with Gasteiger partial charge < -0.3 is 20.1 Å². The summed E-state index contributed by atoms with van der Waals surface area (Å²) in [6, 6.07) is 1.54. The Morgan fingerprint density at radius 3 is 2.70 bits per heavy atom. The molecule has 0 unspecified atom stereocenters. The number of amides is 1. The summed E-state index contributed by atoms with van der Waals surface area (Å²) in [5.41, 5.74) is 0.425. The zero-order valence-corrected chi connectivity index (χ0v) is 11.9. The maximum atomic E-state index is 11.3. The Hall–Kier alpha value is -2.24. The molecular formula is C14H20N2O4. The fourth-order valence-corrected chi connectivity index (χ4v) is 1.42. The predicted octanol–water partition coefficient (Wildman–Crippen LogP) is 2.64. The van der Waals surface area contributed by atoms with Gasteiger partial charge in [-0.3, -0.25) is 0 Å². The van der Waals surface area contributed by atoms with Crippen molar-refractivity contribution in [2.45, 2.75) is 32.8 Å². The summed E-state index contributed by atoms with van der Waals surface area (Å²) in [7, 11) is 0. The topological polar surface area (TPSA) is 91.4 Å². The molecule has 1 rings (SSSR count). The van der Waals surface area contributed by atoms with Crippen LogP contribution in [0.3, 0.4) is 0 Å². The van der Waals surface area contributed by atoms with Gasteiger partial charge in [0, 0.05) is 12.7 Å². The van der Waals surface area contributed by atoms with E-state index in [0.29, 0.717) is 13.0 Å². The van der Waals surface area contributed by atoms with E-state index in [4.69, 9.17) is 9.84 Å². The van der Waals surface area contributed by atoms with Crippen LogP contribution in [-0.4, -0.2) is 34.3 Å². The van der Waals surface area contributed by atoms with Gasteiger partial charge in [0.15, 0.2) is 0 Å². The Kier molecular flexibility index (Phi) is 5.37. The lowest BCUT2D eigenvalue weighted by Crippen LogP contribution is -2.32. The number of hydrogen-bond donors (Lipinski definition) is 3. The fraction of sp³-hybridized carbons (Fsp3) is 0.429. The summed E-state index contributed by atoms with van der Waals surface area (Å²) in [5, 5.41) is 11.4. The number of ether oxygens (including phenoxy) is 1. The molecular weight excluding hydrogens is 260 g/mol. The molecule has 0 aliphatic rings. The van der Waals surface area contributed by atoms with Gasteiger partial charge in [-0.25, -0.2) is 9.59 Å². The number of carboxylic acid groups (broad SMARTS) is 1. The fourth-order valence-electron chi connectivity index (χ4n) is 1.42. The van der Waals surface area contributed by atoms with Gasteiger partial charge in [-0.05, 0) is 38.8 Å². The van der Waals surface area contributed by atoms with Crippen molar-refractivity contribution in [2.75, 3.05) is 6.54 Å². The minimum absolute atomic E-state index is 0.150. The number of alkyl carbamates (subject to hydrolysis) is 1. The van der Waals surface area contributed by atoms with E-state index in [-0.39, 0.29) is 5.69 Å². The summed E-state index contributed by atoms with van der Waals surface area (Å²) in [6.45, 7) is 5.87. The molecule has 0 aromatic carbocycles. The highest BCUT2D eigenvalue weighted by Gasteiger charge is 2.15. The van der Waals surface area contributed by atoms with Crippen molar-refractivity contribution in [3.63, 3.8) is 0 Å². The summed E-state index contributed by atoms with van der Waals surface area (Å²) >= 11 is 0. The first kappa shape index (κ1) is 15.8. The molecule has 0 aliphatic heterocycles. The van der Waals surface area contributed by atoms with Crippen molar-refractivity contribution in [2.24, 2.45) is 0 Å². The summed E-state index contributed by atoms with van der Waals surface area (Å²) in [6.07, 6.45) is 5.45. The first-order chi connectivity index (χ1) is 9.28. The van der Waals surface area contributed by atoms with Crippen LogP contribution < -0.4 is 5.32 Å². The highest BCUT2D eigenvalue weighted by molar-refractivity contribution is 5.86. The SMILES string of the molecule is CC(C)(C)OC(=O)NCCC=Cc1c[nH]c(C(=O)O)c1. The number of nitrogens with one attached hydrogen (secondary N) is 2. The van der Waals surface area contributed by atoms with Gasteiger partial charge in [-0.2, -0.15) is 0 Å². The third-order valence-electron chi connectivity index (χ3n) is 2.23. The molecule has 0 saturated carbocycles. The maximum absolute atomic E-state index is 11.3. The minimum Gasteiger partial charge on any atom is -0.477 e. The molecule has 1 aromatic rings. The molecule has 6 nitrogen and oxygen atoms in total. The number of aromatic amines is 1. The van der Waals surface area contributed by atoms with Crippen LogP contribution in [0.4, 0.5) is 4.79 Å². The molecule has 0 atom stereocenters. The number of hydrogen-bond acceptors (Lipinski definition) is 3. The Morgan fingerprint density at radius 1 is 1.45 bits per heavy atom. The highest BCUT2D eigenvalue weighted by atomic mass is 16.6. The van der Waals surface area contributed by atoms with Gasteiger partial charge in [0.1, 0.15) is 11.3 Å². The second-order valence-corrected chi connectivity index (χ2v) is 5.27. The molecule has 6 heteroatoms. The van der Waals surface area contributed by atoms with Gasteiger partial charge >= 0.3 is 12.1 Å². The zero-order chi connectivity index (χ0) is 15.2. The van der Waals surface area contributed by atoms with E-state index >= 15 is 0 Å². The van der Waals surface area contributed by atoms with E-state index < -0.39 is 17.7 Å². The van der Waals surface area contributed by atoms with Crippen LogP contribution in [0.25, 0.3) is 6.08 Å². The molecule has 0 saturated heterocycles. The van der Waals surface area contributed by atoms with Crippen LogP contribution in [-0.2, 0) is 4.74 Å². The molecule has 1 heterocycles. The largest absolute Gasteiger partial charge is 0.477 e. The van der Waals surface area contributed by atoms with Crippen LogP contribution in [0.2, 0.25) is 0 Å². The molecule has 0 radical (unpaired) electrons.